The fraction of sp³-hybridized carbons (Fsp3) is 0.273. The third-order valence-electron chi connectivity index (χ3n) is 2.09. The molecule has 0 bridgehead atoms. The maximum Gasteiger partial charge on any atom is 0.573 e. The van der Waals surface area contributed by atoms with Crippen molar-refractivity contribution < 1.29 is 32.9 Å². The van der Waals surface area contributed by atoms with Gasteiger partial charge < -0.3 is 14.9 Å². The maximum absolute atomic E-state index is 12.1. The molecule has 0 amide bonds. The van der Waals surface area contributed by atoms with E-state index >= 15 is 0 Å². The molecule has 2 N–H and O–H groups in total. The SMILES string of the molecule is N#CC(O)C(O)c1cc(C=O)cc(OC(F)(F)F)c1. The van der Waals surface area contributed by atoms with Crippen molar-refractivity contribution in [1.29, 1.82) is 5.26 Å². The normalized spacial score (nSPS) is 14.3. The van der Waals surface area contributed by atoms with Gasteiger partial charge >= 0.3 is 6.36 Å². The number of aldehydes is 1. The number of rotatable bonds is 4. The fourth-order valence-electron chi connectivity index (χ4n) is 1.33. The Hall–Kier alpha value is -2.11. The summed E-state index contributed by atoms with van der Waals surface area (Å²) in [7, 11) is 0. The standard InChI is InChI=1S/C11H8F3NO4/c12-11(13,14)19-8-2-6(5-16)1-7(3-8)10(18)9(17)4-15/h1-3,5,9-10,17-18H. The summed E-state index contributed by atoms with van der Waals surface area (Å²) >= 11 is 0. The van der Waals surface area contributed by atoms with Gasteiger partial charge in [-0.25, -0.2) is 0 Å². The number of carbonyl (C=O) groups is 1. The Morgan fingerprint density at radius 3 is 2.42 bits per heavy atom. The van der Waals surface area contributed by atoms with Crippen molar-refractivity contribution >= 4 is 6.29 Å². The van der Waals surface area contributed by atoms with E-state index in [0.29, 0.717) is 0 Å². The molecule has 8 heteroatoms. The first-order valence-corrected chi connectivity index (χ1v) is 4.88. The van der Waals surface area contributed by atoms with Crippen LogP contribution >= 0.6 is 0 Å². The molecule has 2 atom stereocenters. The van der Waals surface area contributed by atoms with Crippen LogP contribution in [-0.2, 0) is 0 Å². The van der Waals surface area contributed by atoms with Crippen LogP contribution in [0.25, 0.3) is 0 Å². The Bertz CT molecular complexity index is 510. The van der Waals surface area contributed by atoms with Crippen LogP contribution in [0.1, 0.15) is 22.0 Å². The molecule has 0 fully saturated rings. The van der Waals surface area contributed by atoms with Gasteiger partial charge in [0.15, 0.2) is 6.10 Å². The number of nitriles is 1. The molecule has 1 rings (SSSR count). The summed E-state index contributed by atoms with van der Waals surface area (Å²) in [5.41, 5.74) is -0.432. The number of hydrogen-bond donors (Lipinski definition) is 2. The van der Waals surface area contributed by atoms with Crippen LogP contribution in [0.15, 0.2) is 18.2 Å². The summed E-state index contributed by atoms with van der Waals surface area (Å²) in [6.45, 7) is 0. The second kappa shape index (κ2) is 5.69. The highest BCUT2D eigenvalue weighted by Crippen LogP contribution is 2.28. The lowest BCUT2D eigenvalue weighted by Crippen LogP contribution is -2.19. The average molecular weight is 275 g/mol. The smallest absolute Gasteiger partial charge is 0.406 e. The van der Waals surface area contributed by atoms with Crippen molar-refractivity contribution in [2.45, 2.75) is 18.6 Å². The molecule has 0 aliphatic heterocycles. The highest BCUT2D eigenvalue weighted by molar-refractivity contribution is 5.76. The molecule has 102 valence electrons. The monoisotopic (exact) mass is 275 g/mol. The molecule has 0 saturated heterocycles. The minimum atomic E-state index is -4.96. The van der Waals surface area contributed by atoms with E-state index in [1.807, 2.05) is 0 Å². The van der Waals surface area contributed by atoms with E-state index < -0.39 is 24.3 Å². The largest absolute Gasteiger partial charge is 0.573 e. The van der Waals surface area contributed by atoms with Crippen molar-refractivity contribution in [3.05, 3.63) is 29.3 Å². The van der Waals surface area contributed by atoms with Gasteiger partial charge in [-0.1, -0.05) is 0 Å². The van der Waals surface area contributed by atoms with E-state index in [2.05, 4.69) is 4.74 Å². The summed E-state index contributed by atoms with van der Waals surface area (Å²) in [5.74, 6) is -0.726. The van der Waals surface area contributed by atoms with Crippen molar-refractivity contribution in [3.63, 3.8) is 0 Å². The van der Waals surface area contributed by atoms with E-state index in [1.165, 1.54) is 6.07 Å². The zero-order valence-corrected chi connectivity index (χ0v) is 9.26. The fourth-order valence-corrected chi connectivity index (χ4v) is 1.33. The minimum absolute atomic E-state index is 0.194. The van der Waals surface area contributed by atoms with E-state index in [0.717, 1.165) is 18.2 Å². The van der Waals surface area contributed by atoms with Crippen LogP contribution in [0.4, 0.5) is 13.2 Å². The Labute approximate surface area is 105 Å². The number of halogens is 3. The number of carbonyl (C=O) groups excluding carboxylic acids is 1. The second-order valence-corrected chi connectivity index (χ2v) is 3.52. The summed E-state index contributed by atoms with van der Waals surface area (Å²) in [4.78, 5) is 10.6. The Morgan fingerprint density at radius 1 is 1.32 bits per heavy atom. The zero-order chi connectivity index (χ0) is 14.6. The number of alkyl halides is 3. The summed E-state index contributed by atoms with van der Waals surface area (Å²) in [6, 6.07) is 3.96. The number of ether oxygens (including phenoxy) is 1. The van der Waals surface area contributed by atoms with E-state index in [1.54, 1.807) is 0 Å². The molecule has 0 spiro atoms. The number of aliphatic hydroxyl groups excluding tert-OH is 2. The highest BCUT2D eigenvalue weighted by atomic mass is 19.4. The first kappa shape index (κ1) is 14.9. The van der Waals surface area contributed by atoms with Gasteiger partial charge in [0.2, 0.25) is 0 Å². The number of nitrogens with zero attached hydrogens (tertiary/aromatic N) is 1. The van der Waals surface area contributed by atoms with E-state index in [-0.39, 0.29) is 17.4 Å². The Morgan fingerprint density at radius 2 is 1.95 bits per heavy atom. The van der Waals surface area contributed by atoms with Gasteiger partial charge in [-0.2, -0.15) is 5.26 Å². The molecule has 19 heavy (non-hydrogen) atoms. The number of benzene rings is 1. The summed E-state index contributed by atoms with van der Waals surface area (Å²) < 4.78 is 39.8. The first-order chi connectivity index (χ1) is 8.76. The summed E-state index contributed by atoms with van der Waals surface area (Å²) in [5, 5.41) is 27.0. The van der Waals surface area contributed by atoms with Gasteiger partial charge in [-0.05, 0) is 23.8 Å². The molecular formula is C11H8F3NO4. The van der Waals surface area contributed by atoms with E-state index in [4.69, 9.17) is 10.4 Å². The third kappa shape index (κ3) is 4.24. The molecule has 0 radical (unpaired) electrons. The van der Waals surface area contributed by atoms with Gasteiger partial charge in [0.1, 0.15) is 18.1 Å². The third-order valence-corrected chi connectivity index (χ3v) is 2.09. The molecule has 0 aromatic heterocycles. The van der Waals surface area contributed by atoms with Crippen LogP contribution in [0.3, 0.4) is 0 Å². The van der Waals surface area contributed by atoms with Gasteiger partial charge in [-0.3, -0.25) is 4.79 Å². The molecule has 1 aromatic rings. The van der Waals surface area contributed by atoms with Gasteiger partial charge in [-0.15, -0.1) is 13.2 Å². The maximum atomic E-state index is 12.1. The Kier molecular flexibility index (Phi) is 4.47. The predicted molar refractivity (Wildman–Crippen MR) is 55.1 cm³/mol. The van der Waals surface area contributed by atoms with Crippen molar-refractivity contribution in [2.24, 2.45) is 0 Å². The first-order valence-electron chi connectivity index (χ1n) is 4.88. The van der Waals surface area contributed by atoms with Crippen molar-refractivity contribution in [2.75, 3.05) is 0 Å². The number of aliphatic hydroxyl groups is 2. The molecule has 5 nitrogen and oxygen atoms in total. The lowest BCUT2D eigenvalue weighted by atomic mass is 10.0. The van der Waals surface area contributed by atoms with Gasteiger partial charge in [0, 0.05) is 5.56 Å². The topological polar surface area (TPSA) is 90.5 Å². The van der Waals surface area contributed by atoms with Gasteiger partial charge in [0.05, 0.1) is 6.07 Å². The zero-order valence-electron chi connectivity index (χ0n) is 9.26. The van der Waals surface area contributed by atoms with Crippen LogP contribution in [0.2, 0.25) is 0 Å². The molecule has 0 heterocycles. The van der Waals surface area contributed by atoms with Gasteiger partial charge in [0.25, 0.3) is 0 Å². The number of hydrogen-bond acceptors (Lipinski definition) is 5. The summed E-state index contributed by atoms with van der Waals surface area (Å²) in [6.07, 6.45) is -8.29. The van der Waals surface area contributed by atoms with Crippen LogP contribution in [0, 0.1) is 11.3 Å². The molecular weight excluding hydrogens is 267 g/mol. The predicted octanol–water partition coefficient (Wildman–Crippen LogP) is 1.32. The van der Waals surface area contributed by atoms with E-state index in [9.17, 15) is 23.1 Å². The minimum Gasteiger partial charge on any atom is -0.406 e. The highest BCUT2D eigenvalue weighted by Gasteiger charge is 2.31. The molecule has 0 saturated carbocycles. The molecule has 0 aliphatic carbocycles. The van der Waals surface area contributed by atoms with Crippen molar-refractivity contribution in [1.82, 2.24) is 0 Å². The average Bonchev–Trinajstić information content (AvgIpc) is 2.34. The lowest BCUT2D eigenvalue weighted by Gasteiger charge is -2.15. The van der Waals surface area contributed by atoms with Crippen LogP contribution in [-0.4, -0.2) is 29.0 Å². The molecule has 1 aromatic carbocycles. The Balaban J connectivity index is 3.16. The van der Waals surface area contributed by atoms with Crippen LogP contribution < -0.4 is 4.74 Å². The molecule has 2 unspecified atom stereocenters. The lowest BCUT2D eigenvalue weighted by molar-refractivity contribution is -0.274. The van der Waals surface area contributed by atoms with Crippen molar-refractivity contribution in [3.8, 4) is 11.8 Å². The quantitative estimate of drug-likeness (QED) is 0.638. The molecule has 0 aliphatic rings. The second-order valence-electron chi connectivity index (χ2n) is 3.52. The van der Waals surface area contributed by atoms with Crippen LogP contribution in [0.5, 0.6) is 5.75 Å².